The fraction of sp³-hybridized carbons (Fsp3) is 0.400. The highest BCUT2D eigenvalue weighted by atomic mass is 32.2. The van der Waals surface area contributed by atoms with Crippen molar-refractivity contribution in [1.82, 2.24) is 4.72 Å². The van der Waals surface area contributed by atoms with Crippen molar-refractivity contribution >= 4 is 26.5 Å². The molecule has 0 amide bonds. The zero-order chi connectivity index (χ0) is 12.9. The summed E-state index contributed by atoms with van der Waals surface area (Å²) >= 11 is 0. The average Bonchev–Trinajstić information content (AvgIpc) is 2.29. The molecule has 1 aromatic carbocycles. The van der Waals surface area contributed by atoms with E-state index >= 15 is 0 Å². The van der Waals surface area contributed by atoms with Crippen LogP contribution < -0.4 is 10.0 Å². The van der Waals surface area contributed by atoms with Gasteiger partial charge in [0.25, 0.3) is 0 Å². The summed E-state index contributed by atoms with van der Waals surface area (Å²) in [7, 11) is -3.00. The first-order chi connectivity index (χ1) is 7.97. The molecule has 0 spiro atoms. The van der Waals surface area contributed by atoms with Crippen molar-refractivity contribution in [2.75, 3.05) is 30.9 Å². The molecule has 0 heterocycles. The molecule has 0 bridgehead atoms. The summed E-state index contributed by atoms with van der Waals surface area (Å²) in [6, 6.07) is 6.62. The summed E-state index contributed by atoms with van der Waals surface area (Å²) in [6.45, 7) is 0.472. The maximum absolute atomic E-state index is 11.7. The normalized spacial score (nSPS) is 13.3. The van der Waals surface area contributed by atoms with Crippen LogP contribution in [0.15, 0.2) is 29.2 Å². The molecular formula is C10H16N2O3S2. The van der Waals surface area contributed by atoms with Gasteiger partial charge in [-0.05, 0) is 19.2 Å². The van der Waals surface area contributed by atoms with Crippen molar-refractivity contribution in [2.45, 2.75) is 4.90 Å². The summed E-state index contributed by atoms with van der Waals surface area (Å²) in [5.41, 5.74) is 0.521. The molecule has 0 saturated carbocycles. The molecule has 0 aliphatic carbocycles. The predicted octanol–water partition coefficient (Wildman–Crippen LogP) is 0.385. The zero-order valence-electron chi connectivity index (χ0n) is 9.76. The van der Waals surface area contributed by atoms with Crippen molar-refractivity contribution < 1.29 is 12.6 Å². The second-order valence-electron chi connectivity index (χ2n) is 3.41. The van der Waals surface area contributed by atoms with E-state index in [9.17, 15) is 12.6 Å². The number of sulfonamides is 1. The second kappa shape index (κ2) is 6.13. The van der Waals surface area contributed by atoms with Gasteiger partial charge >= 0.3 is 0 Å². The Kier molecular flexibility index (Phi) is 5.10. The molecule has 1 aromatic rings. The van der Waals surface area contributed by atoms with Gasteiger partial charge in [-0.15, -0.1) is 0 Å². The molecule has 0 fully saturated rings. The van der Waals surface area contributed by atoms with E-state index < -0.39 is 20.8 Å². The minimum atomic E-state index is -3.47. The number of nitrogens with one attached hydrogen (secondary N) is 2. The highest BCUT2D eigenvalue weighted by molar-refractivity contribution is 7.89. The Balaban J connectivity index is 2.89. The molecular weight excluding hydrogens is 260 g/mol. The van der Waals surface area contributed by atoms with Gasteiger partial charge in [0.05, 0.1) is 5.69 Å². The number of rotatable bonds is 6. The maximum atomic E-state index is 11.7. The quantitative estimate of drug-likeness (QED) is 0.788. The van der Waals surface area contributed by atoms with Crippen molar-refractivity contribution in [1.29, 1.82) is 0 Å². The largest absolute Gasteiger partial charge is 0.383 e. The first-order valence-electron chi connectivity index (χ1n) is 5.04. The molecule has 1 unspecified atom stereocenters. The fourth-order valence-electron chi connectivity index (χ4n) is 1.29. The third kappa shape index (κ3) is 4.10. The van der Waals surface area contributed by atoms with Gasteiger partial charge in [0, 0.05) is 29.4 Å². The Labute approximate surface area is 104 Å². The monoisotopic (exact) mass is 276 g/mol. The smallest absolute Gasteiger partial charge is 0.242 e. The van der Waals surface area contributed by atoms with Gasteiger partial charge in [0.1, 0.15) is 4.90 Å². The first-order valence-corrected chi connectivity index (χ1v) is 8.25. The van der Waals surface area contributed by atoms with Gasteiger partial charge in [0.2, 0.25) is 10.0 Å². The molecule has 7 heteroatoms. The van der Waals surface area contributed by atoms with Crippen LogP contribution in [0.1, 0.15) is 0 Å². The van der Waals surface area contributed by atoms with Crippen LogP contribution >= 0.6 is 0 Å². The van der Waals surface area contributed by atoms with Crippen LogP contribution in [0.2, 0.25) is 0 Å². The van der Waals surface area contributed by atoms with Crippen molar-refractivity contribution in [3.63, 3.8) is 0 Å². The summed E-state index contributed by atoms with van der Waals surface area (Å²) < 4.78 is 36.6. The van der Waals surface area contributed by atoms with Gasteiger partial charge in [-0.1, -0.05) is 12.1 Å². The maximum Gasteiger partial charge on any atom is 0.242 e. The Morgan fingerprint density at radius 3 is 2.53 bits per heavy atom. The van der Waals surface area contributed by atoms with Crippen LogP contribution in [0, 0.1) is 0 Å². The van der Waals surface area contributed by atoms with E-state index in [-0.39, 0.29) is 4.90 Å². The highest BCUT2D eigenvalue weighted by Crippen LogP contribution is 2.19. The third-order valence-electron chi connectivity index (χ3n) is 2.15. The lowest BCUT2D eigenvalue weighted by Crippen LogP contribution is -2.21. The van der Waals surface area contributed by atoms with Crippen molar-refractivity contribution in [2.24, 2.45) is 0 Å². The SMILES string of the molecule is CNS(=O)(=O)c1ccccc1NCCS(C)=O. The summed E-state index contributed by atoms with van der Waals surface area (Å²) in [6.07, 6.45) is 1.61. The number of anilines is 1. The van der Waals surface area contributed by atoms with E-state index in [4.69, 9.17) is 0 Å². The Bertz CT molecular complexity index is 500. The zero-order valence-corrected chi connectivity index (χ0v) is 11.4. The second-order valence-corrected chi connectivity index (χ2v) is 6.82. The van der Waals surface area contributed by atoms with Gasteiger partial charge < -0.3 is 5.32 Å². The number of hydrogen-bond acceptors (Lipinski definition) is 4. The summed E-state index contributed by atoms with van der Waals surface area (Å²) in [5.74, 6) is 0.480. The lowest BCUT2D eigenvalue weighted by molar-refractivity contribution is 0.588. The standard InChI is InChI=1S/C10H16N2O3S2/c1-11-17(14,15)10-6-4-3-5-9(10)12-7-8-16(2)13/h3-6,11-12H,7-8H2,1-2H3. The average molecular weight is 276 g/mol. The molecule has 0 aliphatic heterocycles. The fourth-order valence-corrected chi connectivity index (χ4v) is 2.58. The minimum absolute atomic E-state index is 0.199. The van der Waals surface area contributed by atoms with Crippen LogP contribution in [0.3, 0.4) is 0 Å². The van der Waals surface area contributed by atoms with Crippen LogP contribution in [-0.2, 0) is 20.8 Å². The van der Waals surface area contributed by atoms with Crippen molar-refractivity contribution in [3.05, 3.63) is 24.3 Å². The lowest BCUT2D eigenvalue weighted by Gasteiger charge is -2.11. The van der Waals surface area contributed by atoms with Gasteiger partial charge in [-0.3, -0.25) is 4.21 Å². The minimum Gasteiger partial charge on any atom is -0.383 e. The van der Waals surface area contributed by atoms with Crippen LogP contribution in [0.25, 0.3) is 0 Å². The van der Waals surface area contributed by atoms with Gasteiger partial charge in [0.15, 0.2) is 0 Å². The molecule has 0 aromatic heterocycles. The Hall–Kier alpha value is -0.920. The predicted molar refractivity (Wildman–Crippen MR) is 70.1 cm³/mol. The number of hydrogen-bond donors (Lipinski definition) is 2. The molecule has 96 valence electrons. The molecule has 0 aliphatic rings. The molecule has 2 N–H and O–H groups in total. The van der Waals surface area contributed by atoms with Crippen LogP contribution in [-0.4, -0.2) is 38.2 Å². The van der Waals surface area contributed by atoms with E-state index in [1.54, 1.807) is 24.5 Å². The molecule has 0 saturated heterocycles. The van der Waals surface area contributed by atoms with E-state index in [2.05, 4.69) is 10.0 Å². The van der Waals surface area contributed by atoms with E-state index in [1.165, 1.54) is 13.1 Å². The van der Waals surface area contributed by atoms with E-state index in [0.717, 1.165) is 0 Å². The molecule has 17 heavy (non-hydrogen) atoms. The van der Waals surface area contributed by atoms with E-state index in [0.29, 0.717) is 18.0 Å². The van der Waals surface area contributed by atoms with Crippen LogP contribution in [0.5, 0.6) is 0 Å². The Morgan fingerprint density at radius 2 is 1.94 bits per heavy atom. The first kappa shape index (κ1) is 14.1. The lowest BCUT2D eigenvalue weighted by atomic mass is 10.3. The molecule has 0 radical (unpaired) electrons. The van der Waals surface area contributed by atoms with Crippen molar-refractivity contribution in [3.8, 4) is 0 Å². The molecule has 1 atom stereocenters. The Morgan fingerprint density at radius 1 is 1.29 bits per heavy atom. The van der Waals surface area contributed by atoms with E-state index in [1.807, 2.05) is 0 Å². The topological polar surface area (TPSA) is 75.3 Å². The van der Waals surface area contributed by atoms with Gasteiger partial charge in [-0.25, -0.2) is 13.1 Å². The highest BCUT2D eigenvalue weighted by Gasteiger charge is 2.15. The van der Waals surface area contributed by atoms with Gasteiger partial charge in [-0.2, -0.15) is 0 Å². The summed E-state index contributed by atoms with van der Waals surface area (Å²) in [5, 5.41) is 2.97. The van der Waals surface area contributed by atoms with Crippen LogP contribution in [0.4, 0.5) is 5.69 Å². The number of benzene rings is 1. The molecule has 1 rings (SSSR count). The third-order valence-corrected chi connectivity index (χ3v) is 4.40. The number of para-hydroxylation sites is 1. The molecule has 5 nitrogen and oxygen atoms in total. The summed E-state index contributed by atoms with van der Waals surface area (Å²) in [4.78, 5) is 0.199.